The molecular weight excluding hydrogens is 306 g/mol. The van der Waals surface area contributed by atoms with Crippen LogP contribution in [0.3, 0.4) is 0 Å². The molecule has 3 rings (SSSR count). The summed E-state index contributed by atoms with van der Waals surface area (Å²) in [5.74, 6) is 0.827. The van der Waals surface area contributed by atoms with E-state index in [-0.39, 0.29) is 12.5 Å². The lowest BCUT2D eigenvalue weighted by atomic mass is 10.1. The smallest absolute Gasteiger partial charge is 0.262 e. The number of anilines is 1. The van der Waals surface area contributed by atoms with Crippen molar-refractivity contribution in [3.63, 3.8) is 0 Å². The topological polar surface area (TPSA) is 77.2 Å². The summed E-state index contributed by atoms with van der Waals surface area (Å²) in [5.41, 5.74) is 3.70. The van der Waals surface area contributed by atoms with Gasteiger partial charge in [-0.15, -0.1) is 10.2 Å². The van der Waals surface area contributed by atoms with Gasteiger partial charge in [-0.3, -0.25) is 4.79 Å². The highest BCUT2D eigenvalue weighted by molar-refractivity contribution is 5.92. The van der Waals surface area contributed by atoms with Gasteiger partial charge in [0.15, 0.2) is 6.61 Å². The number of rotatable bonds is 5. The molecule has 6 nitrogen and oxygen atoms in total. The first-order valence-corrected chi connectivity index (χ1v) is 7.48. The van der Waals surface area contributed by atoms with E-state index in [4.69, 9.17) is 9.15 Å². The molecule has 1 amide bonds. The van der Waals surface area contributed by atoms with E-state index in [1.54, 1.807) is 24.3 Å². The van der Waals surface area contributed by atoms with Crippen molar-refractivity contribution in [2.75, 3.05) is 11.9 Å². The van der Waals surface area contributed by atoms with E-state index < -0.39 is 0 Å². The van der Waals surface area contributed by atoms with Gasteiger partial charge in [-0.25, -0.2) is 0 Å². The Morgan fingerprint density at radius 1 is 1.17 bits per heavy atom. The molecule has 3 aromatic rings. The van der Waals surface area contributed by atoms with E-state index in [0.717, 1.165) is 22.4 Å². The van der Waals surface area contributed by atoms with Gasteiger partial charge in [0.2, 0.25) is 12.3 Å². The molecule has 0 radical (unpaired) electrons. The monoisotopic (exact) mass is 323 g/mol. The van der Waals surface area contributed by atoms with Gasteiger partial charge >= 0.3 is 0 Å². The standard InChI is InChI=1S/C18H17N3O3/c1-12-3-4-13(2)16(9-12)20-17(22)10-23-15-7-5-14(6-8-15)18-21-19-11-24-18/h3-9,11H,10H2,1-2H3,(H,20,22). The number of nitrogens with one attached hydrogen (secondary N) is 1. The van der Waals surface area contributed by atoms with Crippen molar-refractivity contribution in [2.45, 2.75) is 13.8 Å². The number of benzene rings is 2. The maximum Gasteiger partial charge on any atom is 0.262 e. The molecule has 0 unspecified atom stereocenters. The third-order valence-corrected chi connectivity index (χ3v) is 3.50. The van der Waals surface area contributed by atoms with Crippen LogP contribution in [0.25, 0.3) is 11.5 Å². The molecule has 0 saturated heterocycles. The van der Waals surface area contributed by atoms with Gasteiger partial charge in [0.1, 0.15) is 5.75 Å². The SMILES string of the molecule is Cc1ccc(C)c(NC(=O)COc2ccc(-c3nnco3)cc2)c1. The summed E-state index contributed by atoms with van der Waals surface area (Å²) in [6.07, 6.45) is 1.28. The minimum absolute atomic E-state index is 0.0622. The molecule has 0 saturated carbocycles. The van der Waals surface area contributed by atoms with Crippen LogP contribution in [0.1, 0.15) is 11.1 Å². The maximum absolute atomic E-state index is 12.0. The van der Waals surface area contributed by atoms with Gasteiger partial charge in [-0.1, -0.05) is 12.1 Å². The first kappa shape index (κ1) is 15.7. The molecule has 1 N–H and O–H groups in total. The van der Waals surface area contributed by atoms with Crippen LogP contribution in [-0.4, -0.2) is 22.7 Å². The zero-order chi connectivity index (χ0) is 16.9. The fourth-order valence-electron chi connectivity index (χ4n) is 2.20. The predicted octanol–water partition coefficient (Wildman–Crippen LogP) is 3.37. The third kappa shape index (κ3) is 3.78. The van der Waals surface area contributed by atoms with Crippen molar-refractivity contribution >= 4 is 11.6 Å². The van der Waals surface area contributed by atoms with E-state index in [2.05, 4.69) is 15.5 Å². The highest BCUT2D eigenvalue weighted by atomic mass is 16.5. The lowest BCUT2D eigenvalue weighted by Crippen LogP contribution is -2.20. The van der Waals surface area contributed by atoms with Crippen molar-refractivity contribution < 1.29 is 13.9 Å². The Balaban J connectivity index is 1.57. The Bertz CT molecular complexity index is 827. The van der Waals surface area contributed by atoms with Crippen LogP contribution < -0.4 is 10.1 Å². The van der Waals surface area contributed by atoms with E-state index in [0.29, 0.717) is 11.6 Å². The van der Waals surface area contributed by atoms with E-state index >= 15 is 0 Å². The number of carbonyl (C=O) groups is 1. The molecular formula is C18H17N3O3. The van der Waals surface area contributed by atoms with Gasteiger partial charge in [-0.2, -0.15) is 0 Å². The largest absolute Gasteiger partial charge is 0.484 e. The fourth-order valence-corrected chi connectivity index (χ4v) is 2.20. The molecule has 2 aromatic carbocycles. The average Bonchev–Trinajstić information content (AvgIpc) is 3.11. The minimum atomic E-state index is -0.204. The van der Waals surface area contributed by atoms with Gasteiger partial charge < -0.3 is 14.5 Å². The number of hydrogen-bond donors (Lipinski definition) is 1. The summed E-state index contributed by atoms with van der Waals surface area (Å²) in [6, 6.07) is 13.0. The van der Waals surface area contributed by atoms with Gasteiger partial charge in [0, 0.05) is 11.3 Å². The third-order valence-electron chi connectivity index (χ3n) is 3.50. The van der Waals surface area contributed by atoms with Crippen molar-refractivity contribution in [1.82, 2.24) is 10.2 Å². The molecule has 6 heteroatoms. The lowest BCUT2D eigenvalue weighted by Gasteiger charge is -2.10. The molecule has 24 heavy (non-hydrogen) atoms. The molecule has 0 spiro atoms. The Morgan fingerprint density at radius 3 is 2.67 bits per heavy atom. The average molecular weight is 323 g/mol. The Hall–Kier alpha value is -3.15. The normalized spacial score (nSPS) is 10.4. The summed E-state index contributed by atoms with van der Waals surface area (Å²) < 4.78 is 10.6. The van der Waals surface area contributed by atoms with Crippen LogP contribution >= 0.6 is 0 Å². The number of hydrogen-bond acceptors (Lipinski definition) is 5. The van der Waals surface area contributed by atoms with Crippen LogP contribution in [0.5, 0.6) is 5.75 Å². The molecule has 0 atom stereocenters. The number of nitrogens with zero attached hydrogens (tertiary/aromatic N) is 2. The number of ether oxygens (including phenoxy) is 1. The van der Waals surface area contributed by atoms with Crippen molar-refractivity contribution in [3.05, 3.63) is 60.0 Å². The van der Waals surface area contributed by atoms with Crippen LogP contribution in [0.4, 0.5) is 5.69 Å². The van der Waals surface area contributed by atoms with E-state index in [1.807, 2.05) is 32.0 Å². The van der Waals surface area contributed by atoms with Crippen molar-refractivity contribution in [3.8, 4) is 17.2 Å². The van der Waals surface area contributed by atoms with Crippen LogP contribution in [-0.2, 0) is 4.79 Å². The zero-order valence-electron chi connectivity index (χ0n) is 13.4. The minimum Gasteiger partial charge on any atom is -0.484 e. The second-order valence-electron chi connectivity index (χ2n) is 5.42. The Labute approximate surface area is 139 Å². The van der Waals surface area contributed by atoms with E-state index in [9.17, 15) is 4.79 Å². The molecule has 0 aliphatic carbocycles. The Morgan fingerprint density at radius 2 is 1.96 bits per heavy atom. The Kier molecular flexibility index (Phi) is 4.56. The molecule has 0 fully saturated rings. The summed E-state index contributed by atoms with van der Waals surface area (Å²) in [7, 11) is 0. The number of carbonyl (C=O) groups excluding carboxylic acids is 1. The molecule has 0 aliphatic heterocycles. The van der Waals surface area contributed by atoms with Gasteiger partial charge in [0.25, 0.3) is 5.91 Å². The summed E-state index contributed by atoms with van der Waals surface area (Å²) in [4.78, 5) is 12.0. The number of aromatic nitrogens is 2. The quantitative estimate of drug-likeness (QED) is 0.779. The summed E-state index contributed by atoms with van der Waals surface area (Å²) in [5, 5.41) is 10.3. The predicted molar refractivity (Wildman–Crippen MR) is 89.8 cm³/mol. The second kappa shape index (κ2) is 6.95. The highest BCUT2D eigenvalue weighted by Crippen LogP contribution is 2.20. The van der Waals surface area contributed by atoms with Crippen LogP contribution in [0, 0.1) is 13.8 Å². The maximum atomic E-state index is 12.0. The molecule has 122 valence electrons. The van der Waals surface area contributed by atoms with Gasteiger partial charge in [0.05, 0.1) is 0 Å². The van der Waals surface area contributed by atoms with Gasteiger partial charge in [-0.05, 0) is 55.3 Å². The molecule has 1 aromatic heterocycles. The summed E-state index contributed by atoms with van der Waals surface area (Å²) in [6.45, 7) is 3.87. The lowest BCUT2D eigenvalue weighted by molar-refractivity contribution is -0.118. The molecule has 0 aliphatic rings. The fraction of sp³-hybridized carbons (Fsp3) is 0.167. The summed E-state index contributed by atoms with van der Waals surface area (Å²) >= 11 is 0. The van der Waals surface area contributed by atoms with Crippen LogP contribution in [0.15, 0.2) is 53.3 Å². The van der Waals surface area contributed by atoms with Crippen molar-refractivity contribution in [2.24, 2.45) is 0 Å². The van der Waals surface area contributed by atoms with E-state index in [1.165, 1.54) is 6.39 Å². The van der Waals surface area contributed by atoms with Crippen LogP contribution in [0.2, 0.25) is 0 Å². The first-order valence-electron chi connectivity index (χ1n) is 7.48. The highest BCUT2D eigenvalue weighted by Gasteiger charge is 2.07. The molecule has 0 bridgehead atoms. The first-order chi connectivity index (χ1) is 11.6. The number of amides is 1. The van der Waals surface area contributed by atoms with Crippen molar-refractivity contribution in [1.29, 1.82) is 0 Å². The zero-order valence-corrected chi connectivity index (χ0v) is 13.4. The molecule has 1 heterocycles. The second-order valence-corrected chi connectivity index (χ2v) is 5.42. The number of aryl methyl sites for hydroxylation is 2.